The lowest BCUT2D eigenvalue weighted by atomic mass is 9.97. The topological polar surface area (TPSA) is 29.5 Å². The van der Waals surface area contributed by atoms with Crippen LogP contribution in [-0.4, -0.2) is 24.5 Å². The van der Waals surface area contributed by atoms with E-state index in [-0.39, 0.29) is 5.75 Å². The maximum atomic E-state index is 9.97. The first-order valence-corrected chi connectivity index (χ1v) is 14.5. The van der Waals surface area contributed by atoms with Gasteiger partial charge >= 0.3 is 0 Å². The Kier molecular flexibility index (Phi) is 6.95. The zero-order valence-corrected chi connectivity index (χ0v) is 21.6. The number of hydrogen-bond acceptors (Lipinski definition) is 2. The first-order valence-electron chi connectivity index (χ1n) is 12.4. The molecule has 1 unspecified atom stereocenters. The van der Waals surface area contributed by atoms with E-state index in [1.807, 2.05) is 12.1 Å². The second kappa shape index (κ2) is 10.4. The lowest BCUT2D eigenvalue weighted by Gasteiger charge is -2.25. The molecule has 5 aromatic rings. The minimum Gasteiger partial charge on any atom is -0.508 e. The summed E-state index contributed by atoms with van der Waals surface area (Å²) < 4.78 is 5.43. The molecule has 0 amide bonds. The normalized spacial score (nSPS) is 12.6. The molecule has 0 saturated heterocycles. The highest BCUT2D eigenvalue weighted by Gasteiger charge is 2.41. The summed E-state index contributed by atoms with van der Waals surface area (Å²) in [7, 11) is -0.140. The van der Waals surface area contributed by atoms with E-state index in [0.717, 1.165) is 30.1 Å². The van der Waals surface area contributed by atoms with Crippen LogP contribution in [0, 0.1) is 11.8 Å². The smallest absolute Gasteiger partial charge is 0.129 e. The van der Waals surface area contributed by atoms with Crippen molar-refractivity contribution in [2.45, 2.75) is 13.3 Å². The van der Waals surface area contributed by atoms with Gasteiger partial charge in [-0.2, -0.15) is 0 Å². The Hall–Kier alpha value is -3.79. The molecule has 2 nitrogen and oxygen atoms in total. The Balaban J connectivity index is 1.63. The van der Waals surface area contributed by atoms with E-state index in [1.54, 1.807) is 19.2 Å². The quantitative estimate of drug-likeness (QED) is 0.156. The molecule has 0 aliphatic heterocycles. The van der Waals surface area contributed by atoms with Crippen molar-refractivity contribution in [1.29, 1.82) is 0 Å². The Labute approximate surface area is 213 Å². The largest absolute Gasteiger partial charge is 0.508 e. The van der Waals surface area contributed by atoms with Crippen molar-refractivity contribution in [3.8, 4) is 23.3 Å². The van der Waals surface area contributed by atoms with Gasteiger partial charge in [-0.15, -0.1) is 0 Å². The van der Waals surface area contributed by atoms with Gasteiger partial charge in [-0.05, 0) is 82.6 Å². The summed E-state index contributed by atoms with van der Waals surface area (Å²) in [4.78, 5) is 0. The zero-order valence-electron chi connectivity index (χ0n) is 20.7. The van der Waals surface area contributed by atoms with Gasteiger partial charge in [0.05, 0.1) is 20.5 Å². The van der Waals surface area contributed by atoms with E-state index in [4.69, 9.17) is 4.74 Å². The molecule has 0 aromatic heterocycles. The van der Waals surface area contributed by atoms with Crippen molar-refractivity contribution in [3.63, 3.8) is 0 Å². The number of phenolic OH excluding ortho intramolecular Hbond substituents is 1. The van der Waals surface area contributed by atoms with E-state index in [1.165, 1.54) is 32.2 Å². The van der Waals surface area contributed by atoms with Gasteiger partial charge in [0.1, 0.15) is 28.3 Å². The van der Waals surface area contributed by atoms with Crippen molar-refractivity contribution in [1.82, 2.24) is 0 Å². The Morgan fingerprint density at radius 1 is 0.750 bits per heavy atom. The molecule has 0 saturated carbocycles. The van der Waals surface area contributed by atoms with E-state index in [9.17, 15) is 5.11 Å². The first kappa shape index (κ1) is 23.9. The van der Waals surface area contributed by atoms with Gasteiger partial charge in [-0.3, -0.25) is 0 Å². The second-order valence-corrected chi connectivity index (χ2v) is 12.8. The van der Waals surface area contributed by atoms with Crippen LogP contribution in [0.3, 0.4) is 0 Å². The van der Waals surface area contributed by atoms with Crippen molar-refractivity contribution >= 4 is 39.4 Å². The molecule has 36 heavy (non-hydrogen) atoms. The molecule has 1 N–H and O–H groups in total. The fourth-order valence-electron chi connectivity index (χ4n) is 5.08. The Morgan fingerprint density at radius 3 is 2.03 bits per heavy atom. The lowest BCUT2D eigenvalue weighted by Crippen LogP contribution is -2.27. The highest BCUT2D eigenvalue weighted by atomic mass is 31.2. The van der Waals surface area contributed by atoms with Gasteiger partial charge in [-0.25, -0.2) is 0 Å². The molecule has 1 atom stereocenters. The summed E-state index contributed by atoms with van der Waals surface area (Å²) in [6, 6.07) is 35.5. The van der Waals surface area contributed by atoms with Crippen LogP contribution in [0.5, 0.6) is 11.5 Å². The third-order valence-electron chi connectivity index (χ3n) is 6.86. The number of hydrogen-bond donors (Lipinski definition) is 1. The molecule has 0 radical (unpaired) electrons. The average molecular weight is 490 g/mol. The molecular formula is C33H30O2P+. The second-order valence-electron chi connectivity index (χ2n) is 9.06. The molecule has 5 aromatic carbocycles. The predicted molar refractivity (Wildman–Crippen MR) is 156 cm³/mol. The minimum absolute atomic E-state index is 0.289. The van der Waals surface area contributed by atoms with Gasteiger partial charge in [0.25, 0.3) is 0 Å². The van der Waals surface area contributed by atoms with Crippen LogP contribution >= 0.6 is 7.26 Å². The summed E-state index contributed by atoms with van der Waals surface area (Å²) in [5, 5.41) is 17.5. The van der Waals surface area contributed by atoms with Gasteiger partial charge < -0.3 is 9.84 Å². The standard InChI is InChI=1S/C33H29O2P/c1-3-22-36(29-18-14-27(34)15-19-29,30-20-16-28(35-2)17-21-30)23-8-10-26-24-25-9-4-5-11-31(25)33-13-7-6-12-32(26)33/h4-7,9,11-21,24H,3,22-23H2,1-2H3/p+1. The number of methoxy groups -OCH3 is 1. The van der Waals surface area contributed by atoms with Gasteiger partial charge in [0, 0.05) is 5.56 Å². The van der Waals surface area contributed by atoms with Gasteiger partial charge in [0.2, 0.25) is 0 Å². The molecular weight excluding hydrogens is 459 g/mol. The van der Waals surface area contributed by atoms with Crippen LogP contribution in [-0.2, 0) is 0 Å². The number of ether oxygens (including phenoxy) is 1. The van der Waals surface area contributed by atoms with Crippen LogP contribution in [0.25, 0.3) is 21.5 Å². The number of phenols is 1. The molecule has 0 heterocycles. The SMILES string of the molecule is CCC[P+](CC#Cc1cc2ccccc2c2ccccc12)(c1ccc(O)cc1)c1ccc(OC)cc1. The third-order valence-corrected chi connectivity index (χ3v) is 11.3. The van der Waals surface area contributed by atoms with Crippen LogP contribution in [0.4, 0.5) is 0 Å². The average Bonchev–Trinajstić information content (AvgIpc) is 2.93. The maximum Gasteiger partial charge on any atom is 0.129 e. The molecule has 0 aliphatic carbocycles. The number of rotatable bonds is 6. The Morgan fingerprint density at radius 2 is 1.36 bits per heavy atom. The summed E-state index contributed by atoms with van der Waals surface area (Å²) >= 11 is 0. The van der Waals surface area contributed by atoms with Crippen molar-refractivity contribution in [3.05, 3.63) is 109 Å². The monoisotopic (exact) mass is 489 g/mol. The fourth-order valence-corrected chi connectivity index (χ4v) is 8.97. The Bertz CT molecular complexity index is 1560. The van der Waals surface area contributed by atoms with E-state index in [2.05, 4.69) is 97.6 Å². The molecule has 178 valence electrons. The summed E-state index contributed by atoms with van der Waals surface area (Å²) in [6.07, 6.45) is 2.89. The molecule has 3 heteroatoms. The number of aromatic hydroxyl groups is 1. The molecule has 0 fully saturated rings. The fraction of sp³-hybridized carbons (Fsp3) is 0.152. The number of benzene rings is 5. The predicted octanol–water partition coefficient (Wildman–Crippen LogP) is 7.14. The van der Waals surface area contributed by atoms with Crippen LogP contribution in [0.15, 0.2) is 103 Å². The van der Waals surface area contributed by atoms with E-state index in [0.29, 0.717) is 0 Å². The molecule has 0 bridgehead atoms. The highest BCUT2D eigenvalue weighted by Crippen LogP contribution is 2.56. The van der Waals surface area contributed by atoms with Crippen LogP contribution < -0.4 is 15.3 Å². The summed E-state index contributed by atoms with van der Waals surface area (Å²) in [5.41, 5.74) is 1.07. The van der Waals surface area contributed by atoms with Crippen molar-refractivity contribution < 1.29 is 9.84 Å². The zero-order chi connectivity index (χ0) is 25.0. The highest BCUT2D eigenvalue weighted by molar-refractivity contribution is 7.89. The minimum atomic E-state index is -1.84. The van der Waals surface area contributed by atoms with E-state index < -0.39 is 7.26 Å². The first-order chi connectivity index (χ1) is 17.6. The molecule has 0 aliphatic rings. The van der Waals surface area contributed by atoms with Crippen LogP contribution in [0.1, 0.15) is 18.9 Å². The van der Waals surface area contributed by atoms with Crippen molar-refractivity contribution in [2.75, 3.05) is 19.4 Å². The van der Waals surface area contributed by atoms with Crippen LogP contribution in [0.2, 0.25) is 0 Å². The third kappa shape index (κ3) is 4.56. The van der Waals surface area contributed by atoms with Gasteiger partial charge in [-0.1, -0.05) is 67.3 Å². The molecule has 0 spiro atoms. The summed E-state index contributed by atoms with van der Waals surface area (Å²) in [6.45, 7) is 2.24. The van der Waals surface area contributed by atoms with Gasteiger partial charge in [0.15, 0.2) is 0 Å². The number of fused-ring (bicyclic) bond motifs is 3. The molecule has 5 rings (SSSR count). The van der Waals surface area contributed by atoms with Crippen molar-refractivity contribution in [2.24, 2.45) is 0 Å². The van der Waals surface area contributed by atoms with E-state index >= 15 is 0 Å². The lowest BCUT2D eigenvalue weighted by molar-refractivity contribution is 0.415. The summed E-state index contributed by atoms with van der Waals surface area (Å²) in [5.74, 6) is 8.34. The maximum absolute atomic E-state index is 9.97.